The molecule has 0 fully saturated rings. The van der Waals surface area contributed by atoms with E-state index in [9.17, 15) is 0 Å². The molecule has 0 N–H and O–H groups in total. The van der Waals surface area contributed by atoms with Crippen molar-refractivity contribution >= 4 is 60.8 Å². The van der Waals surface area contributed by atoms with Crippen molar-refractivity contribution in [1.82, 2.24) is 0 Å². The normalized spacial score (nSPS) is 15.0. The lowest BCUT2D eigenvalue weighted by Crippen LogP contribution is -2.45. The molecular weight excluding hydrogens is 767 g/mol. The van der Waals surface area contributed by atoms with E-state index >= 15 is 0 Å². The summed E-state index contributed by atoms with van der Waals surface area (Å²) in [6, 6.07) is 78.5. The molecule has 1 aliphatic carbocycles. The Morgan fingerprint density at radius 3 is 1.68 bits per heavy atom. The molecule has 1 unspecified atom stereocenters. The highest BCUT2D eigenvalue weighted by atomic mass is 16.3. The van der Waals surface area contributed by atoms with Crippen molar-refractivity contribution in [2.45, 2.75) is 12.0 Å². The van der Waals surface area contributed by atoms with E-state index in [0.29, 0.717) is 0 Å². The average molecular weight is 808 g/mol. The van der Waals surface area contributed by atoms with Crippen LogP contribution in [0, 0.1) is 0 Å². The standard InChI is InChI=1S/C60H41NO2/c1-3-16-42(17-4-1)48-20-7-10-25-54(48)60(39-14-13-24-53(60)44-18-5-2-6-19-44)61(46-34-29-41(30-35-46)45-33-38-57-52(40-45)50-21-8-11-26-55(50)62-57)47-36-31-43(32-37-47)49-23-15-28-58-59(49)51-22-9-12-27-56(51)63-58/h1-38,40H,39H2. The van der Waals surface area contributed by atoms with Gasteiger partial charge < -0.3 is 13.7 Å². The van der Waals surface area contributed by atoms with Crippen molar-refractivity contribution in [3.05, 3.63) is 248 Å². The maximum absolute atomic E-state index is 6.33. The van der Waals surface area contributed by atoms with E-state index in [1.807, 2.05) is 24.3 Å². The summed E-state index contributed by atoms with van der Waals surface area (Å²) in [6.07, 6.45) is 7.62. The van der Waals surface area contributed by atoms with Gasteiger partial charge in [-0.1, -0.05) is 182 Å². The smallest absolute Gasteiger partial charge is 0.136 e. The van der Waals surface area contributed by atoms with Gasteiger partial charge in [-0.15, -0.1) is 0 Å². The molecule has 0 spiro atoms. The second-order valence-electron chi connectivity index (χ2n) is 16.4. The van der Waals surface area contributed by atoms with E-state index in [1.165, 1.54) is 27.8 Å². The second-order valence-corrected chi connectivity index (χ2v) is 16.4. The van der Waals surface area contributed by atoms with Crippen LogP contribution >= 0.6 is 0 Å². The minimum atomic E-state index is -0.666. The molecule has 0 amide bonds. The van der Waals surface area contributed by atoms with Crippen molar-refractivity contribution in [1.29, 1.82) is 0 Å². The minimum Gasteiger partial charge on any atom is -0.456 e. The Bertz CT molecular complexity index is 3520. The molecule has 0 saturated carbocycles. The van der Waals surface area contributed by atoms with Gasteiger partial charge in [0.05, 0.1) is 0 Å². The third kappa shape index (κ3) is 6.12. The maximum atomic E-state index is 6.33. The zero-order valence-electron chi connectivity index (χ0n) is 34.5. The average Bonchev–Trinajstić information content (AvgIpc) is 3.94. The van der Waals surface area contributed by atoms with E-state index in [-0.39, 0.29) is 0 Å². The molecule has 3 heteroatoms. The molecule has 12 rings (SSSR count). The SMILES string of the molecule is C1=CCC(c2ccccc2-c2ccccc2)(N(c2ccc(-c3ccc4oc5ccccc5c4c3)cc2)c2ccc(-c3cccc4oc5ccccc5c34)cc2)C(c2ccccc2)=C1. The molecular formula is C60H41NO2. The van der Waals surface area contributed by atoms with E-state index in [4.69, 9.17) is 8.83 Å². The largest absolute Gasteiger partial charge is 0.456 e. The minimum absolute atomic E-state index is 0.666. The van der Waals surface area contributed by atoms with Gasteiger partial charge in [0, 0.05) is 32.9 Å². The number of benzene rings is 9. The highest BCUT2D eigenvalue weighted by Gasteiger charge is 2.45. The molecule has 1 aliphatic rings. The summed E-state index contributed by atoms with van der Waals surface area (Å²) in [6.45, 7) is 0. The Balaban J connectivity index is 1.08. The van der Waals surface area contributed by atoms with Gasteiger partial charge in [-0.2, -0.15) is 0 Å². The number of hydrogen-bond donors (Lipinski definition) is 0. The molecule has 0 aliphatic heterocycles. The second kappa shape index (κ2) is 15.1. The molecule has 63 heavy (non-hydrogen) atoms. The molecule has 3 nitrogen and oxygen atoms in total. The molecule has 0 radical (unpaired) electrons. The van der Waals surface area contributed by atoms with Crippen LogP contribution in [0.25, 0.3) is 82.8 Å². The third-order valence-electron chi connectivity index (χ3n) is 12.9. The van der Waals surface area contributed by atoms with Crippen molar-refractivity contribution in [3.8, 4) is 33.4 Å². The number of para-hydroxylation sites is 2. The lowest BCUT2D eigenvalue weighted by molar-refractivity contribution is 0.568. The Morgan fingerprint density at radius 1 is 0.381 bits per heavy atom. The summed E-state index contributed by atoms with van der Waals surface area (Å²) in [7, 11) is 0. The number of rotatable bonds is 8. The molecule has 298 valence electrons. The maximum Gasteiger partial charge on any atom is 0.136 e. The summed E-state index contributed by atoms with van der Waals surface area (Å²) in [4.78, 5) is 2.59. The fourth-order valence-corrected chi connectivity index (χ4v) is 10.0. The van der Waals surface area contributed by atoms with Gasteiger partial charge in [0.25, 0.3) is 0 Å². The van der Waals surface area contributed by atoms with Gasteiger partial charge in [-0.25, -0.2) is 0 Å². The number of fused-ring (bicyclic) bond motifs is 6. The number of anilines is 2. The summed E-state index contributed by atoms with van der Waals surface area (Å²) < 4.78 is 12.5. The summed E-state index contributed by atoms with van der Waals surface area (Å²) in [5.74, 6) is 0. The van der Waals surface area contributed by atoms with Crippen LogP contribution in [0.4, 0.5) is 11.4 Å². The monoisotopic (exact) mass is 807 g/mol. The zero-order valence-corrected chi connectivity index (χ0v) is 34.5. The molecule has 0 saturated heterocycles. The van der Waals surface area contributed by atoms with E-state index in [1.54, 1.807) is 0 Å². The fourth-order valence-electron chi connectivity index (χ4n) is 10.0. The highest BCUT2D eigenvalue weighted by molar-refractivity contribution is 6.12. The van der Waals surface area contributed by atoms with Crippen LogP contribution in [0.5, 0.6) is 0 Å². The predicted octanol–water partition coefficient (Wildman–Crippen LogP) is 16.6. The van der Waals surface area contributed by atoms with Gasteiger partial charge in [-0.3, -0.25) is 0 Å². The lowest BCUT2D eigenvalue weighted by Gasteiger charge is -2.49. The first-order chi connectivity index (χ1) is 31.2. The topological polar surface area (TPSA) is 29.5 Å². The van der Waals surface area contributed by atoms with Crippen molar-refractivity contribution in [3.63, 3.8) is 0 Å². The lowest BCUT2D eigenvalue weighted by atomic mass is 9.70. The number of allylic oxidation sites excluding steroid dienone is 2. The van der Waals surface area contributed by atoms with Gasteiger partial charge in [0.1, 0.15) is 27.9 Å². The van der Waals surface area contributed by atoms with Gasteiger partial charge >= 0.3 is 0 Å². The van der Waals surface area contributed by atoms with Crippen LogP contribution in [0.3, 0.4) is 0 Å². The molecule has 11 aromatic rings. The van der Waals surface area contributed by atoms with Crippen LogP contribution in [-0.4, -0.2) is 0 Å². The molecule has 2 heterocycles. The van der Waals surface area contributed by atoms with Crippen LogP contribution in [0.1, 0.15) is 17.5 Å². The van der Waals surface area contributed by atoms with Crippen LogP contribution < -0.4 is 4.90 Å². The highest BCUT2D eigenvalue weighted by Crippen LogP contribution is 2.54. The summed E-state index contributed by atoms with van der Waals surface area (Å²) in [5.41, 5.74) is 15.7. The molecule has 1 atom stereocenters. The summed E-state index contributed by atoms with van der Waals surface area (Å²) >= 11 is 0. The number of furan rings is 2. The van der Waals surface area contributed by atoms with E-state index in [0.717, 1.165) is 83.9 Å². The first-order valence-corrected chi connectivity index (χ1v) is 21.6. The van der Waals surface area contributed by atoms with Crippen molar-refractivity contribution < 1.29 is 8.83 Å². The van der Waals surface area contributed by atoms with E-state index in [2.05, 4.69) is 217 Å². The molecule has 0 bridgehead atoms. The first-order valence-electron chi connectivity index (χ1n) is 21.6. The Morgan fingerprint density at radius 2 is 0.921 bits per heavy atom. The van der Waals surface area contributed by atoms with Gasteiger partial charge in [0.2, 0.25) is 0 Å². The van der Waals surface area contributed by atoms with Crippen molar-refractivity contribution in [2.75, 3.05) is 4.90 Å². The van der Waals surface area contributed by atoms with Gasteiger partial charge in [0.15, 0.2) is 0 Å². The quantitative estimate of drug-likeness (QED) is 0.153. The Kier molecular flexibility index (Phi) is 8.79. The first kappa shape index (κ1) is 36.7. The van der Waals surface area contributed by atoms with Crippen LogP contribution in [0.2, 0.25) is 0 Å². The fraction of sp³-hybridized carbons (Fsp3) is 0.0333. The van der Waals surface area contributed by atoms with Gasteiger partial charge in [-0.05, 0) is 111 Å². The molecule has 2 aromatic heterocycles. The third-order valence-corrected chi connectivity index (χ3v) is 12.9. The molecule has 9 aromatic carbocycles. The van der Waals surface area contributed by atoms with Crippen LogP contribution in [-0.2, 0) is 5.54 Å². The summed E-state index contributed by atoms with van der Waals surface area (Å²) in [5, 5.41) is 4.51. The number of nitrogens with zero attached hydrogens (tertiary/aromatic N) is 1. The van der Waals surface area contributed by atoms with Crippen molar-refractivity contribution in [2.24, 2.45) is 0 Å². The number of hydrogen-bond acceptors (Lipinski definition) is 3. The Labute approximate surface area is 366 Å². The van der Waals surface area contributed by atoms with E-state index < -0.39 is 5.54 Å². The predicted molar refractivity (Wildman–Crippen MR) is 262 cm³/mol. The van der Waals surface area contributed by atoms with Crippen LogP contribution in [0.15, 0.2) is 245 Å². The Hall–Kier alpha value is -8.14. The zero-order chi connectivity index (χ0) is 41.7.